The molecule has 0 radical (unpaired) electrons. The third-order valence-corrected chi connectivity index (χ3v) is 5.73. The Hall–Kier alpha value is -3.53. The lowest BCUT2D eigenvalue weighted by Gasteiger charge is -2.27. The van der Waals surface area contributed by atoms with Crippen molar-refractivity contribution in [3.8, 4) is 11.6 Å². The van der Waals surface area contributed by atoms with Crippen molar-refractivity contribution in [1.82, 2.24) is 15.0 Å². The monoisotopic (exact) mass is 483 g/mol. The van der Waals surface area contributed by atoms with Crippen LogP contribution in [0.2, 0.25) is 0 Å². The molecule has 0 saturated heterocycles. The first-order valence-corrected chi connectivity index (χ1v) is 10.3. The van der Waals surface area contributed by atoms with Crippen LogP contribution in [-0.4, -0.2) is 26.4 Å². The van der Waals surface area contributed by atoms with Gasteiger partial charge in [-0.2, -0.15) is 4.98 Å². The summed E-state index contributed by atoms with van der Waals surface area (Å²) in [6, 6.07) is 12.2. The first-order valence-electron chi connectivity index (χ1n) is 9.47. The summed E-state index contributed by atoms with van der Waals surface area (Å²) in [5.74, 6) is -0.993. The van der Waals surface area contributed by atoms with E-state index in [1.807, 2.05) is 23.1 Å². The van der Waals surface area contributed by atoms with E-state index in [1.165, 1.54) is 24.0 Å². The number of anilines is 1. The summed E-state index contributed by atoms with van der Waals surface area (Å²) in [7, 11) is 0. The van der Waals surface area contributed by atoms with Crippen molar-refractivity contribution >= 4 is 38.3 Å². The van der Waals surface area contributed by atoms with Gasteiger partial charge in [-0.05, 0) is 36.2 Å². The van der Waals surface area contributed by atoms with Crippen molar-refractivity contribution in [3.63, 3.8) is 0 Å². The zero-order valence-electron chi connectivity index (χ0n) is 16.0. The van der Waals surface area contributed by atoms with Gasteiger partial charge in [-0.15, -0.1) is 0 Å². The van der Waals surface area contributed by atoms with Crippen molar-refractivity contribution in [1.29, 1.82) is 0 Å². The van der Waals surface area contributed by atoms with Crippen LogP contribution < -0.4 is 9.64 Å². The van der Waals surface area contributed by atoms with E-state index in [0.29, 0.717) is 24.0 Å². The van der Waals surface area contributed by atoms with Crippen LogP contribution in [0.4, 0.5) is 15.9 Å². The number of hydrogen-bond donors (Lipinski definition) is 1. The van der Waals surface area contributed by atoms with Gasteiger partial charge in [0.1, 0.15) is 6.33 Å². The Labute approximate surface area is 184 Å². The molecule has 1 aliphatic rings. The number of H-pyrrole nitrogens is 1. The van der Waals surface area contributed by atoms with E-state index in [1.54, 1.807) is 6.07 Å². The Morgan fingerprint density at radius 1 is 1.23 bits per heavy atom. The highest BCUT2D eigenvalue weighted by Gasteiger charge is 2.32. The fourth-order valence-electron chi connectivity index (χ4n) is 3.86. The molecule has 1 N–H and O–H groups in total. The van der Waals surface area contributed by atoms with Crippen LogP contribution in [0, 0.1) is 15.9 Å². The van der Waals surface area contributed by atoms with Gasteiger partial charge >= 0.3 is 11.6 Å². The van der Waals surface area contributed by atoms with E-state index in [4.69, 9.17) is 4.74 Å². The second-order valence-electron chi connectivity index (χ2n) is 7.08. The van der Waals surface area contributed by atoms with Crippen LogP contribution in [0.15, 0.2) is 53.3 Å². The molecule has 0 aliphatic carbocycles. The number of benzene rings is 2. The molecule has 4 aromatic rings. The number of nitrogens with one attached hydrogen (secondary N) is 1. The molecule has 0 bridgehead atoms. The first kappa shape index (κ1) is 19.4. The molecule has 2 aromatic heterocycles. The van der Waals surface area contributed by atoms with Gasteiger partial charge in [0, 0.05) is 27.6 Å². The topological polar surface area (TPSA) is 97.2 Å². The maximum atomic E-state index is 14.2. The molecule has 31 heavy (non-hydrogen) atoms. The highest BCUT2D eigenvalue weighted by Crippen LogP contribution is 2.39. The maximum absolute atomic E-state index is 14.2. The van der Waals surface area contributed by atoms with E-state index < -0.39 is 16.4 Å². The Morgan fingerprint density at radius 2 is 2.06 bits per heavy atom. The zero-order chi connectivity index (χ0) is 21.5. The predicted octanol–water partition coefficient (Wildman–Crippen LogP) is 5.12. The van der Waals surface area contributed by atoms with Gasteiger partial charge in [0.2, 0.25) is 5.82 Å². The second kappa shape index (κ2) is 7.62. The van der Waals surface area contributed by atoms with Crippen LogP contribution in [-0.2, 0) is 13.0 Å². The summed E-state index contributed by atoms with van der Waals surface area (Å²) in [5.41, 5.74) is 2.82. The molecular formula is C21H15BrFN5O3. The Bertz CT molecular complexity index is 1330. The molecule has 5 rings (SSSR count). The molecule has 10 heteroatoms. The molecule has 0 unspecified atom stereocenters. The minimum absolute atomic E-state index is 0.136. The van der Waals surface area contributed by atoms with Crippen LogP contribution in [0.5, 0.6) is 11.6 Å². The van der Waals surface area contributed by atoms with E-state index >= 15 is 0 Å². The number of aromatic nitrogens is 3. The normalized spacial score (nSPS) is 13.3. The third-order valence-electron chi connectivity index (χ3n) is 5.23. The molecule has 8 nitrogen and oxygen atoms in total. The number of nitrogens with zero attached hydrogens (tertiary/aromatic N) is 4. The molecule has 2 aromatic carbocycles. The minimum Gasteiger partial charge on any atom is -0.430 e. The fraction of sp³-hybridized carbons (Fsp3) is 0.143. The molecule has 0 atom stereocenters. The van der Waals surface area contributed by atoms with Gasteiger partial charge in [0.25, 0.3) is 0 Å². The summed E-state index contributed by atoms with van der Waals surface area (Å²) in [6.07, 6.45) is 1.90. The smallest absolute Gasteiger partial charge is 0.373 e. The second-order valence-corrected chi connectivity index (χ2v) is 8.00. The maximum Gasteiger partial charge on any atom is 0.373 e. The van der Waals surface area contributed by atoms with Crippen molar-refractivity contribution in [3.05, 3.63) is 80.5 Å². The standard InChI is InChI=1S/C21H15BrFN5O3/c22-12-5-6-18(15(23)9-12)31-21-19(28(29)30)20(24-11-25-21)27-8-7-14-13-3-1-2-4-16(13)26-17(14)10-27/h1-6,9,11,26H,7-8,10H2. The molecule has 0 saturated carbocycles. The van der Waals surface area contributed by atoms with Crippen LogP contribution in [0.3, 0.4) is 0 Å². The lowest BCUT2D eigenvalue weighted by Crippen LogP contribution is -2.31. The summed E-state index contributed by atoms with van der Waals surface area (Å²) in [4.78, 5) is 24.6. The predicted molar refractivity (Wildman–Crippen MR) is 116 cm³/mol. The van der Waals surface area contributed by atoms with Crippen LogP contribution >= 0.6 is 15.9 Å². The summed E-state index contributed by atoms with van der Waals surface area (Å²) < 4.78 is 20.2. The van der Waals surface area contributed by atoms with Gasteiger partial charge < -0.3 is 14.6 Å². The lowest BCUT2D eigenvalue weighted by atomic mass is 10.0. The quantitative estimate of drug-likeness (QED) is 0.319. The Morgan fingerprint density at radius 3 is 2.87 bits per heavy atom. The Kier molecular flexibility index (Phi) is 4.78. The highest BCUT2D eigenvalue weighted by atomic mass is 79.9. The molecule has 1 aliphatic heterocycles. The average Bonchev–Trinajstić information content (AvgIpc) is 3.13. The zero-order valence-corrected chi connectivity index (χ0v) is 17.6. The van der Waals surface area contributed by atoms with Crippen molar-refractivity contribution in [2.75, 3.05) is 11.4 Å². The summed E-state index contributed by atoms with van der Waals surface area (Å²) in [5, 5.41) is 13.1. The number of aromatic amines is 1. The SMILES string of the molecule is O=[N+]([O-])c1c(Oc2ccc(Br)cc2F)ncnc1N1CCc2c([nH]c3ccccc23)C1. The van der Waals surface area contributed by atoms with Gasteiger partial charge in [-0.1, -0.05) is 34.1 Å². The minimum atomic E-state index is -0.662. The molecule has 0 fully saturated rings. The van der Waals surface area contributed by atoms with Crippen LogP contribution in [0.25, 0.3) is 10.9 Å². The number of nitro groups is 1. The van der Waals surface area contributed by atoms with E-state index in [9.17, 15) is 14.5 Å². The van der Waals surface area contributed by atoms with E-state index in [-0.39, 0.29) is 17.4 Å². The van der Waals surface area contributed by atoms with Gasteiger partial charge in [0.15, 0.2) is 11.6 Å². The number of fused-ring (bicyclic) bond motifs is 3. The van der Waals surface area contributed by atoms with Gasteiger partial charge in [-0.3, -0.25) is 10.1 Å². The molecule has 0 spiro atoms. The number of hydrogen-bond acceptors (Lipinski definition) is 6. The van der Waals surface area contributed by atoms with E-state index in [0.717, 1.165) is 16.6 Å². The van der Waals surface area contributed by atoms with Crippen LogP contribution in [0.1, 0.15) is 11.3 Å². The average molecular weight is 484 g/mol. The largest absolute Gasteiger partial charge is 0.430 e. The number of para-hydroxylation sites is 1. The van der Waals surface area contributed by atoms with Crippen molar-refractivity contribution in [2.45, 2.75) is 13.0 Å². The van der Waals surface area contributed by atoms with Gasteiger partial charge in [0.05, 0.1) is 11.5 Å². The van der Waals surface area contributed by atoms with Crippen molar-refractivity contribution in [2.24, 2.45) is 0 Å². The number of halogens is 2. The summed E-state index contributed by atoms with van der Waals surface area (Å²) in [6.45, 7) is 0.965. The fourth-order valence-corrected chi connectivity index (χ4v) is 4.19. The van der Waals surface area contributed by atoms with Gasteiger partial charge in [-0.25, -0.2) is 9.37 Å². The lowest BCUT2D eigenvalue weighted by molar-refractivity contribution is -0.385. The third kappa shape index (κ3) is 3.48. The number of ether oxygens (including phenoxy) is 1. The molecular weight excluding hydrogens is 469 g/mol. The summed E-state index contributed by atoms with van der Waals surface area (Å²) >= 11 is 3.17. The van der Waals surface area contributed by atoms with E-state index in [2.05, 4.69) is 36.9 Å². The molecule has 156 valence electrons. The molecule has 3 heterocycles. The van der Waals surface area contributed by atoms with Crippen molar-refractivity contribution < 1.29 is 14.1 Å². The Balaban J connectivity index is 1.52. The first-order chi connectivity index (χ1) is 15.0. The highest BCUT2D eigenvalue weighted by molar-refractivity contribution is 9.10. The molecule has 0 amide bonds. The number of rotatable bonds is 4.